The van der Waals surface area contributed by atoms with Crippen molar-refractivity contribution in [3.8, 4) is 5.75 Å². The van der Waals surface area contributed by atoms with Crippen molar-refractivity contribution < 1.29 is 9.47 Å². The summed E-state index contributed by atoms with van der Waals surface area (Å²) in [7, 11) is 3.47. The summed E-state index contributed by atoms with van der Waals surface area (Å²) in [5.41, 5.74) is 2.54. The molecule has 0 saturated carbocycles. The van der Waals surface area contributed by atoms with E-state index in [2.05, 4.69) is 25.6 Å². The summed E-state index contributed by atoms with van der Waals surface area (Å²) in [5, 5.41) is 6.39. The molecule has 3 heterocycles. The number of rotatable bonds is 6. The van der Waals surface area contributed by atoms with Crippen molar-refractivity contribution in [3.63, 3.8) is 0 Å². The minimum Gasteiger partial charge on any atom is -0.496 e. The van der Waals surface area contributed by atoms with Crippen molar-refractivity contribution in [1.29, 1.82) is 0 Å². The molecule has 136 valence electrons. The van der Waals surface area contributed by atoms with Gasteiger partial charge in [0.05, 0.1) is 13.4 Å². The van der Waals surface area contributed by atoms with Crippen LogP contribution in [-0.4, -0.2) is 40.3 Å². The fraction of sp³-hybridized carbons (Fsp3) is 0.389. The average molecular weight is 354 g/mol. The Morgan fingerprint density at radius 1 is 1.31 bits per heavy atom. The Hall–Kier alpha value is -2.87. The Bertz CT molecular complexity index is 904. The highest BCUT2D eigenvalue weighted by Crippen LogP contribution is 2.29. The van der Waals surface area contributed by atoms with Crippen LogP contribution < -0.4 is 15.4 Å². The first-order chi connectivity index (χ1) is 12.8. The van der Waals surface area contributed by atoms with Gasteiger partial charge in [-0.2, -0.15) is 9.97 Å². The lowest BCUT2D eigenvalue weighted by molar-refractivity contribution is 0.0593. The van der Waals surface area contributed by atoms with Gasteiger partial charge in [0.15, 0.2) is 17.0 Å². The van der Waals surface area contributed by atoms with Gasteiger partial charge in [-0.15, -0.1) is 0 Å². The van der Waals surface area contributed by atoms with Gasteiger partial charge in [-0.05, 0) is 18.9 Å². The number of hydrogen-bond acceptors (Lipinski definition) is 7. The van der Waals surface area contributed by atoms with Crippen molar-refractivity contribution in [2.45, 2.75) is 25.6 Å². The van der Waals surface area contributed by atoms with E-state index in [0.717, 1.165) is 41.9 Å². The second-order valence-corrected chi connectivity index (χ2v) is 6.10. The Kier molecular flexibility index (Phi) is 4.57. The number of para-hydroxylation sites is 1. The van der Waals surface area contributed by atoms with E-state index in [1.807, 2.05) is 28.8 Å². The van der Waals surface area contributed by atoms with Crippen LogP contribution in [0.25, 0.3) is 11.2 Å². The summed E-state index contributed by atoms with van der Waals surface area (Å²) >= 11 is 0. The molecule has 0 spiro atoms. The van der Waals surface area contributed by atoms with Crippen molar-refractivity contribution in [2.75, 3.05) is 31.4 Å². The molecule has 8 heteroatoms. The van der Waals surface area contributed by atoms with Crippen LogP contribution in [0.15, 0.2) is 30.6 Å². The van der Waals surface area contributed by atoms with Crippen LogP contribution in [0, 0.1) is 0 Å². The third-order valence-electron chi connectivity index (χ3n) is 4.50. The highest BCUT2D eigenvalue weighted by atomic mass is 16.5. The lowest BCUT2D eigenvalue weighted by atomic mass is 10.2. The zero-order valence-electron chi connectivity index (χ0n) is 14.9. The number of nitrogens with zero attached hydrogens (tertiary/aromatic N) is 4. The quantitative estimate of drug-likeness (QED) is 0.704. The lowest BCUT2D eigenvalue weighted by Crippen LogP contribution is -2.10. The Morgan fingerprint density at radius 2 is 2.19 bits per heavy atom. The number of ether oxygens (including phenoxy) is 2. The molecular weight excluding hydrogens is 332 g/mol. The number of benzene rings is 1. The van der Waals surface area contributed by atoms with Gasteiger partial charge in [-0.1, -0.05) is 18.2 Å². The maximum absolute atomic E-state index is 5.78. The highest BCUT2D eigenvalue weighted by Gasteiger charge is 2.22. The van der Waals surface area contributed by atoms with Gasteiger partial charge in [-0.25, -0.2) is 4.98 Å². The molecule has 26 heavy (non-hydrogen) atoms. The fourth-order valence-corrected chi connectivity index (χ4v) is 3.17. The lowest BCUT2D eigenvalue weighted by Gasteiger charge is -2.13. The van der Waals surface area contributed by atoms with E-state index in [-0.39, 0.29) is 6.23 Å². The summed E-state index contributed by atoms with van der Waals surface area (Å²) in [6.07, 6.45) is 3.78. The molecule has 0 aliphatic carbocycles. The van der Waals surface area contributed by atoms with E-state index < -0.39 is 0 Å². The fourth-order valence-electron chi connectivity index (χ4n) is 3.17. The summed E-state index contributed by atoms with van der Waals surface area (Å²) in [4.78, 5) is 13.7. The third kappa shape index (κ3) is 3.03. The molecular formula is C18H22N6O2. The molecule has 1 atom stereocenters. The number of methoxy groups -OCH3 is 1. The Labute approximate surface area is 151 Å². The molecule has 1 saturated heterocycles. The molecule has 0 radical (unpaired) electrons. The minimum atomic E-state index is -0.0123. The van der Waals surface area contributed by atoms with Gasteiger partial charge >= 0.3 is 0 Å². The van der Waals surface area contributed by atoms with E-state index in [1.54, 1.807) is 20.5 Å². The second-order valence-electron chi connectivity index (χ2n) is 6.10. The smallest absolute Gasteiger partial charge is 0.226 e. The summed E-state index contributed by atoms with van der Waals surface area (Å²) < 4.78 is 13.2. The number of imidazole rings is 1. The molecule has 2 N–H and O–H groups in total. The highest BCUT2D eigenvalue weighted by molar-refractivity contribution is 5.84. The number of aromatic nitrogens is 4. The molecule has 0 amide bonds. The number of fused-ring (bicyclic) bond motifs is 1. The molecule has 4 rings (SSSR count). The zero-order valence-corrected chi connectivity index (χ0v) is 14.9. The first-order valence-electron chi connectivity index (χ1n) is 8.70. The monoisotopic (exact) mass is 354 g/mol. The van der Waals surface area contributed by atoms with Crippen LogP contribution in [0.5, 0.6) is 5.75 Å². The summed E-state index contributed by atoms with van der Waals surface area (Å²) in [6, 6.07) is 7.90. The topological polar surface area (TPSA) is 86.1 Å². The van der Waals surface area contributed by atoms with Crippen LogP contribution in [-0.2, 0) is 11.3 Å². The van der Waals surface area contributed by atoms with Gasteiger partial charge in [0.25, 0.3) is 0 Å². The van der Waals surface area contributed by atoms with Crippen LogP contribution in [0.4, 0.5) is 11.8 Å². The predicted molar refractivity (Wildman–Crippen MR) is 99.4 cm³/mol. The molecule has 1 aliphatic rings. The molecule has 1 fully saturated rings. The van der Waals surface area contributed by atoms with E-state index >= 15 is 0 Å². The molecule has 1 unspecified atom stereocenters. The van der Waals surface area contributed by atoms with Gasteiger partial charge in [0.1, 0.15) is 12.0 Å². The van der Waals surface area contributed by atoms with Gasteiger partial charge < -0.3 is 20.1 Å². The molecule has 0 bridgehead atoms. The second kappa shape index (κ2) is 7.17. The largest absolute Gasteiger partial charge is 0.496 e. The van der Waals surface area contributed by atoms with Crippen LogP contribution in [0.1, 0.15) is 24.6 Å². The summed E-state index contributed by atoms with van der Waals surface area (Å²) in [6.45, 7) is 1.35. The molecule has 8 nitrogen and oxygen atoms in total. The number of anilines is 2. The zero-order chi connectivity index (χ0) is 17.9. The van der Waals surface area contributed by atoms with E-state index in [4.69, 9.17) is 9.47 Å². The standard InChI is InChI=1S/C18H22N6O2/c1-19-18-22-16(20-10-12-6-3-4-7-13(12)25-2)15-17(23-18)24(11-21-15)14-8-5-9-26-14/h3-4,6-7,11,14H,5,8-10H2,1-2H3,(H2,19,20,22,23). The number of nitrogens with one attached hydrogen (secondary N) is 2. The number of hydrogen-bond donors (Lipinski definition) is 2. The molecule has 1 aliphatic heterocycles. The minimum absolute atomic E-state index is 0.0123. The third-order valence-corrected chi connectivity index (χ3v) is 4.50. The Balaban J connectivity index is 1.67. The van der Waals surface area contributed by atoms with Crippen molar-refractivity contribution in [3.05, 3.63) is 36.2 Å². The SMILES string of the molecule is CNc1nc(NCc2ccccc2OC)c2ncn(C3CCCO3)c2n1. The Morgan fingerprint density at radius 3 is 2.96 bits per heavy atom. The first-order valence-corrected chi connectivity index (χ1v) is 8.70. The summed E-state index contributed by atoms with van der Waals surface area (Å²) in [5.74, 6) is 2.06. The normalized spacial score (nSPS) is 16.8. The van der Waals surface area contributed by atoms with E-state index in [1.165, 1.54) is 0 Å². The van der Waals surface area contributed by atoms with Gasteiger partial charge in [0.2, 0.25) is 5.95 Å². The van der Waals surface area contributed by atoms with Crippen molar-refractivity contribution >= 4 is 22.9 Å². The van der Waals surface area contributed by atoms with Crippen LogP contribution >= 0.6 is 0 Å². The van der Waals surface area contributed by atoms with Crippen molar-refractivity contribution in [1.82, 2.24) is 19.5 Å². The van der Waals surface area contributed by atoms with Crippen molar-refractivity contribution in [2.24, 2.45) is 0 Å². The predicted octanol–water partition coefficient (Wildman–Crippen LogP) is 2.80. The van der Waals surface area contributed by atoms with Crippen LogP contribution in [0.3, 0.4) is 0 Å². The maximum Gasteiger partial charge on any atom is 0.226 e. The van der Waals surface area contributed by atoms with E-state index in [0.29, 0.717) is 18.3 Å². The maximum atomic E-state index is 5.78. The van der Waals surface area contributed by atoms with Gasteiger partial charge in [-0.3, -0.25) is 4.57 Å². The van der Waals surface area contributed by atoms with E-state index in [9.17, 15) is 0 Å². The van der Waals surface area contributed by atoms with Gasteiger partial charge in [0, 0.05) is 25.8 Å². The van der Waals surface area contributed by atoms with Crippen LogP contribution in [0.2, 0.25) is 0 Å². The molecule has 3 aromatic rings. The average Bonchev–Trinajstić information content (AvgIpc) is 3.35. The molecule has 2 aromatic heterocycles. The first kappa shape index (κ1) is 16.6. The molecule has 1 aromatic carbocycles.